The molecule has 1 aliphatic heterocycles. The van der Waals surface area contributed by atoms with Gasteiger partial charge in [-0.1, -0.05) is 81.5 Å². The highest BCUT2D eigenvalue weighted by molar-refractivity contribution is 6.35. The second-order valence-electron chi connectivity index (χ2n) is 10.1. The normalized spacial score (nSPS) is 14.7. The number of aliphatic hydroxyl groups is 1. The highest BCUT2D eigenvalue weighted by Crippen LogP contribution is 2.39. The molecule has 0 aliphatic carbocycles. The zero-order valence-corrected chi connectivity index (χ0v) is 25.5. The summed E-state index contributed by atoms with van der Waals surface area (Å²) in [5, 5.41) is 11.2. The number of fused-ring (bicyclic) bond motifs is 1. The SMILES string of the molecule is CCCCCCCCCCCC1=[N+](Cc2ccc(Cl)cc2Cl)CC(CCO)c2cc(OC)c(OC)cc21.[Cl-]. The number of ether oxygens (including phenoxy) is 2. The maximum absolute atomic E-state index is 9.86. The zero-order chi connectivity index (χ0) is 26.6. The van der Waals surface area contributed by atoms with Gasteiger partial charge in [-0.3, -0.25) is 0 Å². The lowest BCUT2D eigenvalue weighted by atomic mass is 9.84. The molecule has 0 saturated carbocycles. The fraction of sp³-hybridized carbons (Fsp3) is 0.581. The van der Waals surface area contributed by atoms with E-state index in [9.17, 15) is 5.11 Å². The first kappa shape index (κ1) is 32.8. The standard InChI is InChI=1S/C31H44Cl2NO3.ClH/c1-4-5-6-7-8-9-10-11-12-13-29-27-20-31(37-3)30(36-2)19-26(27)23(16-17-35)21-34(29)22-24-14-15-25(32)18-28(24)33;/h14-15,18-20,23,35H,4-13,16-17,21-22H2,1-3H3;1H/q+1;/p-1. The number of aliphatic hydroxyl groups excluding tert-OH is 1. The zero-order valence-electron chi connectivity index (χ0n) is 23.2. The fourth-order valence-electron chi connectivity index (χ4n) is 5.44. The van der Waals surface area contributed by atoms with Gasteiger partial charge in [0.15, 0.2) is 23.8 Å². The predicted octanol–water partition coefficient (Wildman–Crippen LogP) is 5.42. The number of nitrogens with zero attached hydrogens (tertiary/aromatic N) is 1. The molecule has 1 unspecified atom stereocenters. The van der Waals surface area contributed by atoms with Gasteiger partial charge >= 0.3 is 0 Å². The summed E-state index contributed by atoms with van der Waals surface area (Å²) < 4.78 is 13.8. The molecule has 1 heterocycles. The fourth-order valence-corrected chi connectivity index (χ4v) is 5.91. The van der Waals surface area contributed by atoms with Crippen molar-refractivity contribution in [1.82, 2.24) is 0 Å². The summed E-state index contributed by atoms with van der Waals surface area (Å²) in [6.45, 7) is 3.94. The molecule has 4 nitrogen and oxygen atoms in total. The predicted molar refractivity (Wildman–Crippen MR) is 155 cm³/mol. The average molecular weight is 585 g/mol. The molecule has 0 aromatic heterocycles. The number of halogens is 3. The summed E-state index contributed by atoms with van der Waals surface area (Å²) in [6.07, 6.45) is 13.4. The van der Waals surface area contributed by atoms with Crippen LogP contribution in [0.25, 0.3) is 0 Å². The molecule has 7 heteroatoms. The van der Waals surface area contributed by atoms with Crippen molar-refractivity contribution in [2.75, 3.05) is 27.4 Å². The van der Waals surface area contributed by atoms with E-state index < -0.39 is 0 Å². The summed E-state index contributed by atoms with van der Waals surface area (Å²) in [7, 11) is 3.36. The number of rotatable bonds is 16. The van der Waals surface area contributed by atoms with Crippen LogP contribution in [0, 0.1) is 0 Å². The monoisotopic (exact) mass is 583 g/mol. The van der Waals surface area contributed by atoms with E-state index in [0.29, 0.717) is 23.0 Å². The van der Waals surface area contributed by atoms with Gasteiger partial charge in [0.25, 0.3) is 0 Å². The molecule has 0 amide bonds. The van der Waals surface area contributed by atoms with E-state index in [4.69, 9.17) is 32.7 Å². The van der Waals surface area contributed by atoms with Gasteiger partial charge in [-0.25, -0.2) is 4.58 Å². The van der Waals surface area contributed by atoms with E-state index in [0.717, 1.165) is 36.4 Å². The van der Waals surface area contributed by atoms with E-state index in [1.54, 1.807) is 14.2 Å². The van der Waals surface area contributed by atoms with Crippen molar-refractivity contribution in [2.45, 2.75) is 90.0 Å². The minimum atomic E-state index is 0. The van der Waals surface area contributed by atoms with Crippen LogP contribution in [0.2, 0.25) is 10.0 Å². The van der Waals surface area contributed by atoms with Gasteiger partial charge in [-0.05, 0) is 48.7 Å². The van der Waals surface area contributed by atoms with Crippen LogP contribution < -0.4 is 21.9 Å². The Kier molecular flexibility index (Phi) is 14.9. The van der Waals surface area contributed by atoms with Crippen molar-refractivity contribution in [3.8, 4) is 11.5 Å². The number of hydrogen-bond acceptors (Lipinski definition) is 3. The summed E-state index contributed by atoms with van der Waals surface area (Å²) in [4.78, 5) is 0. The lowest BCUT2D eigenvalue weighted by Crippen LogP contribution is -3.00. The summed E-state index contributed by atoms with van der Waals surface area (Å²) >= 11 is 12.8. The maximum Gasteiger partial charge on any atom is 0.184 e. The second kappa shape index (κ2) is 17.3. The molecule has 0 saturated heterocycles. The molecule has 0 fully saturated rings. The van der Waals surface area contributed by atoms with E-state index >= 15 is 0 Å². The summed E-state index contributed by atoms with van der Waals surface area (Å²) in [6, 6.07) is 9.97. The highest BCUT2D eigenvalue weighted by atomic mass is 35.5. The minimum Gasteiger partial charge on any atom is -1.00 e. The van der Waals surface area contributed by atoms with Crippen molar-refractivity contribution in [2.24, 2.45) is 0 Å². The second-order valence-corrected chi connectivity index (χ2v) is 11.0. The number of benzene rings is 2. The third-order valence-corrected chi connectivity index (χ3v) is 8.09. The van der Waals surface area contributed by atoms with Crippen LogP contribution in [0.1, 0.15) is 100 Å². The van der Waals surface area contributed by atoms with E-state index in [1.807, 2.05) is 18.2 Å². The largest absolute Gasteiger partial charge is 1.00 e. The van der Waals surface area contributed by atoms with E-state index in [1.165, 1.54) is 68.2 Å². The highest BCUT2D eigenvalue weighted by Gasteiger charge is 2.34. The third-order valence-electron chi connectivity index (χ3n) is 7.50. The Bertz CT molecular complexity index is 1040. The van der Waals surface area contributed by atoms with Gasteiger partial charge in [-0.2, -0.15) is 0 Å². The van der Waals surface area contributed by atoms with Gasteiger partial charge in [0.2, 0.25) is 0 Å². The molecule has 2 aromatic carbocycles. The first-order valence-corrected chi connectivity index (χ1v) is 14.7. The first-order chi connectivity index (χ1) is 18.0. The van der Waals surface area contributed by atoms with Crippen LogP contribution in [0.3, 0.4) is 0 Å². The molecular formula is C31H44Cl3NO3. The van der Waals surface area contributed by atoms with Gasteiger partial charge in [0, 0.05) is 35.1 Å². The molecule has 0 bridgehead atoms. The first-order valence-electron chi connectivity index (χ1n) is 13.9. The van der Waals surface area contributed by atoms with Crippen molar-refractivity contribution < 1.29 is 31.6 Å². The molecule has 1 atom stereocenters. The molecule has 0 spiro atoms. The van der Waals surface area contributed by atoms with Gasteiger partial charge in [-0.15, -0.1) is 0 Å². The lowest BCUT2D eigenvalue weighted by molar-refractivity contribution is -0.549. The van der Waals surface area contributed by atoms with Crippen LogP contribution >= 0.6 is 23.2 Å². The Balaban J connectivity index is 0.00000507. The Labute approximate surface area is 245 Å². The minimum absolute atomic E-state index is 0. The van der Waals surface area contributed by atoms with Crippen molar-refractivity contribution in [3.05, 3.63) is 57.1 Å². The van der Waals surface area contributed by atoms with Crippen LogP contribution in [0.5, 0.6) is 11.5 Å². The third kappa shape index (κ3) is 9.05. The van der Waals surface area contributed by atoms with Crippen molar-refractivity contribution >= 4 is 28.9 Å². The quantitative estimate of drug-likeness (QED) is 0.212. The Morgan fingerprint density at radius 1 is 0.895 bits per heavy atom. The number of hydrogen-bond donors (Lipinski definition) is 1. The average Bonchev–Trinajstić information content (AvgIpc) is 2.89. The molecule has 1 N–H and O–H groups in total. The maximum atomic E-state index is 9.86. The van der Waals surface area contributed by atoms with E-state index in [2.05, 4.69) is 23.6 Å². The Hall–Kier alpha value is -1.46. The molecule has 212 valence electrons. The van der Waals surface area contributed by atoms with Crippen LogP contribution in [-0.2, 0) is 6.54 Å². The molecular weight excluding hydrogens is 541 g/mol. The lowest BCUT2D eigenvalue weighted by Gasteiger charge is -2.27. The van der Waals surface area contributed by atoms with Crippen molar-refractivity contribution in [1.29, 1.82) is 0 Å². The summed E-state index contributed by atoms with van der Waals surface area (Å²) in [5.41, 5.74) is 4.81. The number of methoxy groups -OCH3 is 2. The van der Waals surface area contributed by atoms with Crippen LogP contribution in [0.4, 0.5) is 0 Å². The topological polar surface area (TPSA) is 41.7 Å². The molecule has 2 aromatic rings. The van der Waals surface area contributed by atoms with Crippen molar-refractivity contribution in [3.63, 3.8) is 0 Å². The molecule has 38 heavy (non-hydrogen) atoms. The van der Waals surface area contributed by atoms with Crippen LogP contribution in [-0.4, -0.2) is 42.8 Å². The number of unbranched alkanes of at least 4 members (excludes halogenated alkanes) is 8. The van der Waals surface area contributed by atoms with Gasteiger partial charge < -0.3 is 27.0 Å². The molecule has 1 aliphatic rings. The smallest absolute Gasteiger partial charge is 0.184 e. The van der Waals surface area contributed by atoms with Gasteiger partial charge in [0.05, 0.1) is 19.2 Å². The Morgan fingerprint density at radius 3 is 2.13 bits per heavy atom. The molecule has 3 rings (SSSR count). The van der Waals surface area contributed by atoms with E-state index in [-0.39, 0.29) is 24.9 Å². The van der Waals surface area contributed by atoms with Crippen LogP contribution in [0.15, 0.2) is 30.3 Å². The van der Waals surface area contributed by atoms with Gasteiger partial charge in [0.1, 0.15) is 6.54 Å². The molecule has 0 radical (unpaired) electrons. The summed E-state index contributed by atoms with van der Waals surface area (Å²) in [5.74, 6) is 1.67. The Morgan fingerprint density at radius 2 is 1.53 bits per heavy atom.